The largest absolute Gasteiger partial charge is 0.513 e. The Morgan fingerprint density at radius 1 is 1.39 bits per heavy atom. The number of rotatable bonds is 2. The van der Waals surface area contributed by atoms with Crippen molar-refractivity contribution in [3.05, 3.63) is 22.2 Å². The summed E-state index contributed by atoms with van der Waals surface area (Å²) in [6.45, 7) is 0. The molecule has 1 aliphatic rings. The SMILES string of the molecule is COC(=O)Oc1cc2c(c(SC)c1Cl)CCCC2. The molecule has 3 nitrogen and oxygen atoms in total. The minimum Gasteiger partial charge on any atom is -0.437 e. The van der Waals surface area contributed by atoms with Crippen LogP contribution in [0.3, 0.4) is 0 Å². The Bertz CT molecular complexity index is 474. The minimum absolute atomic E-state index is 0.397. The lowest BCUT2D eigenvalue weighted by Gasteiger charge is -2.21. The molecule has 1 aliphatic carbocycles. The van der Waals surface area contributed by atoms with Crippen LogP contribution in [0.15, 0.2) is 11.0 Å². The second-order valence-corrected chi connectivity index (χ2v) is 5.32. The molecule has 0 unspecified atom stereocenters. The summed E-state index contributed by atoms with van der Waals surface area (Å²) in [5, 5.41) is 0.508. The van der Waals surface area contributed by atoms with Gasteiger partial charge < -0.3 is 9.47 Å². The Kier molecular flexibility index (Phi) is 4.40. The van der Waals surface area contributed by atoms with Crippen molar-refractivity contribution in [2.75, 3.05) is 13.4 Å². The average Bonchev–Trinajstić information content (AvgIpc) is 2.39. The third-order valence-electron chi connectivity index (χ3n) is 3.07. The predicted molar refractivity (Wildman–Crippen MR) is 72.9 cm³/mol. The molecular weight excluding hydrogens is 272 g/mol. The molecule has 0 spiro atoms. The molecule has 0 atom stereocenters. The summed E-state index contributed by atoms with van der Waals surface area (Å²) in [6.07, 6.45) is 5.66. The van der Waals surface area contributed by atoms with E-state index in [9.17, 15) is 4.79 Å². The van der Waals surface area contributed by atoms with Crippen LogP contribution in [-0.4, -0.2) is 19.5 Å². The van der Waals surface area contributed by atoms with E-state index in [1.807, 2.05) is 12.3 Å². The summed E-state index contributed by atoms with van der Waals surface area (Å²) >= 11 is 7.89. The zero-order valence-corrected chi connectivity index (χ0v) is 12.0. The van der Waals surface area contributed by atoms with Crippen molar-refractivity contribution >= 4 is 29.5 Å². The molecule has 0 amide bonds. The summed E-state index contributed by atoms with van der Waals surface area (Å²) in [4.78, 5) is 12.2. The van der Waals surface area contributed by atoms with Gasteiger partial charge in [0, 0.05) is 4.90 Å². The maximum absolute atomic E-state index is 11.2. The number of halogens is 1. The van der Waals surface area contributed by atoms with Crippen LogP contribution >= 0.6 is 23.4 Å². The van der Waals surface area contributed by atoms with E-state index in [-0.39, 0.29) is 0 Å². The van der Waals surface area contributed by atoms with Gasteiger partial charge in [-0.15, -0.1) is 11.8 Å². The molecule has 2 rings (SSSR count). The Balaban J connectivity index is 2.45. The van der Waals surface area contributed by atoms with E-state index >= 15 is 0 Å². The quantitative estimate of drug-likeness (QED) is 0.466. The lowest BCUT2D eigenvalue weighted by molar-refractivity contribution is 0.121. The predicted octanol–water partition coefficient (Wildman–Crippen LogP) is 4.09. The van der Waals surface area contributed by atoms with Crippen LogP contribution in [0, 0.1) is 0 Å². The molecule has 0 N–H and O–H groups in total. The number of aryl methyl sites for hydroxylation is 1. The van der Waals surface area contributed by atoms with E-state index in [1.54, 1.807) is 11.8 Å². The van der Waals surface area contributed by atoms with Gasteiger partial charge in [0.1, 0.15) is 0 Å². The number of carbonyl (C=O) groups excluding carboxylic acids is 1. The number of thioether (sulfide) groups is 1. The Morgan fingerprint density at radius 3 is 2.78 bits per heavy atom. The van der Waals surface area contributed by atoms with Gasteiger partial charge in [-0.25, -0.2) is 4.79 Å². The number of benzene rings is 1. The second-order valence-electron chi connectivity index (χ2n) is 4.12. The van der Waals surface area contributed by atoms with Gasteiger partial charge in [-0.05, 0) is 49.1 Å². The smallest absolute Gasteiger partial charge is 0.437 e. The number of hydrogen-bond donors (Lipinski definition) is 0. The molecule has 0 bridgehead atoms. The van der Waals surface area contributed by atoms with E-state index in [2.05, 4.69) is 4.74 Å². The van der Waals surface area contributed by atoms with Crippen molar-refractivity contribution < 1.29 is 14.3 Å². The van der Waals surface area contributed by atoms with E-state index in [1.165, 1.54) is 31.1 Å². The van der Waals surface area contributed by atoms with E-state index < -0.39 is 6.16 Å². The highest BCUT2D eigenvalue weighted by Crippen LogP contribution is 2.41. The first kappa shape index (κ1) is 13.6. The van der Waals surface area contributed by atoms with Gasteiger partial charge in [0.2, 0.25) is 0 Å². The summed E-state index contributed by atoms with van der Waals surface area (Å²) in [6, 6.07) is 1.87. The third kappa shape index (κ3) is 2.59. The lowest BCUT2D eigenvalue weighted by Crippen LogP contribution is -2.11. The molecule has 0 saturated carbocycles. The van der Waals surface area contributed by atoms with Crippen LogP contribution in [0.2, 0.25) is 5.02 Å². The van der Waals surface area contributed by atoms with Gasteiger partial charge >= 0.3 is 6.16 Å². The molecule has 5 heteroatoms. The van der Waals surface area contributed by atoms with E-state index in [4.69, 9.17) is 16.3 Å². The zero-order chi connectivity index (χ0) is 13.1. The zero-order valence-electron chi connectivity index (χ0n) is 10.4. The van der Waals surface area contributed by atoms with Crippen molar-refractivity contribution in [2.45, 2.75) is 30.6 Å². The van der Waals surface area contributed by atoms with Gasteiger partial charge in [0.05, 0.1) is 12.1 Å². The van der Waals surface area contributed by atoms with Crippen LogP contribution < -0.4 is 4.74 Å². The van der Waals surface area contributed by atoms with Crippen molar-refractivity contribution in [3.63, 3.8) is 0 Å². The average molecular weight is 287 g/mol. The summed E-state index contributed by atoms with van der Waals surface area (Å²) in [7, 11) is 1.28. The van der Waals surface area contributed by atoms with E-state index in [0.29, 0.717) is 10.8 Å². The highest BCUT2D eigenvalue weighted by molar-refractivity contribution is 7.98. The van der Waals surface area contributed by atoms with Gasteiger partial charge in [0.25, 0.3) is 0 Å². The van der Waals surface area contributed by atoms with Gasteiger partial charge in [-0.1, -0.05) is 11.6 Å². The topological polar surface area (TPSA) is 35.5 Å². The fourth-order valence-electron chi connectivity index (χ4n) is 2.23. The first-order valence-electron chi connectivity index (χ1n) is 5.81. The van der Waals surface area contributed by atoms with E-state index in [0.717, 1.165) is 17.7 Å². The van der Waals surface area contributed by atoms with Gasteiger partial charge in [-0.2, -0.15) is 0 Å². The minimum atomic E-state index is -0.736. The second kappa shape index (κ2) is 5.85. The van der Waals surface area contributed by atoms with Crippen LogP contribution in [0.5, 0.6) is 5.75 Å². The Hall–Kier alpha value is -0.870. The molecule has 0 heterocycles. The van der Waals surface area contributed by atoms with Crippen LogP contribution in [0.4, 0.5) is 4.79 Å². The standard InChI is InChI=1S/C13H15ClO3S/c1-16-13(15)17-10-7-8-5-3-4-6-9(8)12(18-2)11(10)14/h7H,3-6H2,1-2H3. The number of ether oxygens (including phenoxy) is 2. The number of carbonyl (C=O) groups is 1. The molecule has 0 saturated heterocycles. The normalized spacial score (nSPS) is 13.9. The summed E-state index contributed by atoms with van der Waals surface area (Å²) in [5.41, 5.74) is 2.53. The third-order valence-corrected chi connectivity index (χ3v) is 4.42. The van der Waals surface area contributed by atoms with Gasteiger partial charge in [-0.3, -0.25) is 0 Å². The van der Waals surface area contributed by atoms with Crippen LogP contribution in [-0.2, 0) is 17.6 Å². The highest BCUT2D eigenvalue weighted by atomic mass is 35.5. The fraction of sp³-hybridized carbons (Fsp3) is 0.462. The first-order chi connectivity index (χ1) is 8.67. The molecule has 1 aromatic carbocycles. The van der Waals surface area contributed by atoms with Crippen molar-refractivity contribution in [1.82, 2.24) is 0 Å². The molecular formula is C13H15ClO3S. The van der Waals surface area contributed by atoms with Crippen molar-refractivity contribution in [1.29, 1.82) is 0 Å². The maximum Gasteiger partial charge on any atom is 0.513 e. The molecule has 18 heavy (non-hydrogen) atoms. The highest BCUT2D eigenvalue weighted by Gasteiger charge is 2.21. The van der Waals surface area contributed by atoms with Crippen molar-refractivity contribution in [2.24, 2.45) is 0 Å². The first-order valence-corrected chi connectivity index (χ1v) is 7.41. The molecule has 1 aromatic rings. The fourth-order valence-corrected chi connectivity index (χ4v) is 3.43. The maximum atomic E-state index is 11.2. The molecule has 98 valence electrons. The summed E-state index contributed by atoms with van der Waals surface area (Å²) < 4.78 is 9.60. The lowest BCUT2D eigenvalue weighted by atomic mass is 9.91. The van der Waals surface area contributed by atoms with Crippen LogP contribution in [0.25, 0.3) is 0 Å². The number of hydrogen-bond acceptors (Lipinski definition) is 4. The summed E-state index contributed by atoms with van der Waals surface area (Å²) in [5.74, 6) is 0.397. The number of fused-ring (bicyclic) bond motifs is 1. The molecule has 0 aliphatic heterocycles. The van der Waals surface area contributed by atoms with Crippen molar-refractivity contribution in [3.8, 4) is 5.75 Å². The van der Waals surface area contributed by atoms with Gasteiger partial charge in [0.15, 0.2) is 5.75 Å². The molecule has 0 aromatic heterocycles. The molecule has 0 radical (unpaired) electrons. The number of methoxy groups -OCH3 is 1. The molecule has 0 fully saturated rings. The van der Waals surface area contributed by atoms with Crippen LogP contribution in [0.1, 0.15) is 24.0 Å². The Morgan fingerprint density at radius 2 is 2.11 bits per heavy atom. The monoisotopic (exact) mass is 286 g/mol. The Labute approximate surface area is 116 Å².